The highest BCUT2D eigenvalue weighted by molar-refractivity contribution is 9.10. The maximum Gasteiger partial charge on any atom is 0.316 e. The molecule has 136 valence electrons. The van der Waals surface area contributed by atoms with Crippen molar-refractivity contribution < 1.29 is 17.9 Å². The van der Waals surface area contributed by atoms with Gasteiger partial charge in [-0.1, -0.05) is 34.1 Å². The summed E-state index contributed by atoms with van der Waals surface area (Å²) in [6.45, 7) is 5.09. The highest BCUT2D eigenvalue weighted by atomic mass is 79.9. The van der Waals surface area contributed by atoms with Crippen LogP contribution in [0, 0.1) is 5.41 Å². The van der Waals surface area contributed by atoms with Crippen LogP contribution in [-0.4, -0.2) is 24.4 Å². The molecule has 26 heavy (non-hydrogen) atoms. The van der Waals surface area contributed by atoms with Crippen LogP contribution in [0.2, 0.25) is 0 Å². The van der Waals surface area contributed by atoms with Gasteiger partial charge in [-0.2, -0.15) is 0 Å². The van der Waals surface area contributed by atoms with Gasteiger partial charge in [-0.3, -0.25) is 9.78 Å². The summed E-state index contributed by atoms with van der Waals surface area (Å²) >= 11 is 3.38. The van der Waals surface area contributed by atoms with Crippen molar-refractivity contribution in [2.45, 2.75) is 26.5 Å². The predicted octanol–water partition coefficient (Wildman–Crippen LogP) is 3.58. The third-order valence-corrected chi connectivity index (χ3v) is 6.13. The summed E-state index contributed by atoms with van der Waals surface area (Å²) in [6.07, 6.45) is 2.86. The van der Waals surface area contributed by atoms with E-state index in [2.05, 4.69) is 25.9 Å². The van der Waals surface area contributed by atoms with Gasteiger partial charge in [0.05, 0.1) is 16.9 Å². The minimum absolute atomic E-state index is 0.0597. The third-order valence-electron chi connectivity index (χ3n) is 3.76. The minimum Gasteiger partial charge on any atom is -0.422 e. The van der Waals surface area contributed by atoms with Gasteiger partial charge in [0.1, 0.15) is 10.6 Å². The standard InChI is InChI=1S/C18H17BrN2O4S/c1-18(2,3)17(22)25-15-14-13(20-8-9-21-14)10-26(23,24)16(15)11-6-4-5-7-12(11)19/h4-9H,10H2,1-3H3. The number of aromatic nitrogens is 2. The number of fused-ring (bicyclic) bond motifs is 1. The van der Waals surface area contributed by atoms with Gasteiger partial charge >= 0.3 is 5.97 Å². The predicted molar refractivity (Wildman–Crippen MR) is 101 cm³/mol. The van der Waals surface area contributed by atoms with E-state index < -0.39 is 21.2 Å². The Bertz CT molecular complexity index is 1020. The summed E-state index contributed by atoms with van der Waals surface area (Å²) < 4.78 is 32.2. The van der Waals surface area contributed by atoms with Crippen LogP contribution in [0.5, 0.6) is 0 Å². The van der Waals surface area contributed by atoms with Crippen molar-refractivity contribution in [2.75, 3.05) is 0 Å². The van der Waals surface area contributed by atoms with Gasteiger partial charge in [0.25, 0.3) is 0 Å². The third kappa shape index (κ3) is 3.43. The molecule has 2 aromatic rings. The molecule has 1 aliphatic heterocycles. The van der Waals surface area contributed by atoms with Gasteiger partial charge < -0.3 is 4.74 Å². The monoisotopic (exact) mass is 436 g/mol. The fraction of sp³-hybridized carbons (Fsp3) is 0.278. The number of sulfone groups is 1. The van der Waals surface area contributed by atoms with Crippen molar-refractivity contribution in [1.82, 2.24) is 9.97 Å². The van der Waals surface area contributed by atoms with Crippen molar-refractivity contribution in [3.63, 3.8) is 0 Å². The molecule has 0 spiro atoms. The maximum atomic E-state index is 13.0. The summed E-state index contributed by atoms with van der Waals surface area (Å²) in [7, 11) is -3.78. The Morgan fingerprint density at radius 3 is 2.46 bits per heavy atom. The van der Waals surface area contributed by atoms with Gasteiger partial charge in [0.15, 0.2) is 15.6 Å². The van der Waals surface area contributed by atoms with Crippen LogP contribution in [0.3, 0.4) is 0 Å². The minimum atomic E-state index is -3.78. The molecule has 0 amide bonds. The number of carbonyl (C=O) groups excluding carboxylic acids is 1. The molecule has 0 bridgehead atoms. The molecule has 0 fully saturated rings. The van der Waals surface area contributed by atoms with Crippen LogP contribution in [0.15, 0.2) is 41.1 Å². The first-order valence-corrected chi connectivity index (χ1v) is 10.3. The molecule has 0 atom stereocenters. The molecule has 3 rings (SSSR count). The Morgan fingerprint density at radius 2 is 1.81 bits per heavy atom. The van der Waals surface area contributed by atoms with Gasteiger partial charge in [0, 0.05) is 22.4 Å². The van der Waals surface area contributed by atoms with E-state index >= 15 is 0 Å². The van der Waals surface area contributed by atoms with Crippen LogP contribution < -0.4 is 0 Å². The number of rotatable bonds is 2. The number of halogens is 1. The molecule has 6 nitrogen and oxygen atoms in total. The lowest BCUT2D eigenvalue weighted by Crippen LogP contribution is -2.26. The van der Waals surface area contributed by atoms with E-state index in [1.807, 2.05) is 0 Å². The van der Waals surface area contributed by atoms with Crippen molar-refractivity contribution in [1.29, 1.82) is 0 Å². The summed E-state index contributed by atoms with van der Waals surface area (Å²) in [4.78, 5) is 20.8. The Morgan fingerprint density at radius 1 is 1.15 bits per heavy atom. The van der Waals surface area contributed by atoms with Crippen molar-refractivity contribution in [2.24, 2.45) is 5.41 Å². The number of nitrogens with zero attached hydrogens (tertiary/aromatic N) is 2. The Hall–Kier alpha value is -2.06. The first kappa shape index (κ1) is 18.7. The van der Waals surface area contributed by atoms with Gasteiger partial charge in [0.2, 0.25) is 0 Å². The van der Waals surface area contributed by atoms with Gasteiger partial charge in [-0.05, 0) is 26.8 Å². The van der Waals surface area contributed by atoms with Crippen LogP contribution in [-0.2, 0) is 25.1 Å². The van der Waals surface area contributed by atoms with Crippen LogP contribution >= 0.6 is 15.9 Å². The largest absolute Gasteiger partial charge is 0.422 e. The van der Waals surface area contributed by atoms with E-state index in [0.29, 0.717) is 10.0 Å². The summed E-state index contributed by atoms with van der Waals surface area (Å²) in [5.74, 6) is -0.930. The first-order valence-electron chi connectivity index (χ1n) is 7.86. The molecule has 1 aliphatic rings. The van der Waals surface area contributed by atoms with Gasteiger partial charge in [-0.15, -0.1) is 0 Å². The lowest BCUT2D eigenvalue weighted by molar-refractivity contribution is -0.145. The zero-order chi connectivity index (χ0) is 19.1. The molecule has 0 saturated carbocycles. The second-order valence-electron chi connectivity index (χ2n) is 6.89. The summed E-state index contributed by atoms with van der Waals surface area (Å²) in [5, 5.41) is 0. The molecule has 1 aromatic heterocycles. The van der Waals surface area contributed by atoms with Crippen molar-refractivity contribution in [3.8, 4) is 0 Å². The average Bonchev–Trinajstić information content (AvgIpc) is 2.54. The lowest BCUT2D eigenvalue weighted by Gasteiger charge is -2.24. The zero-order valence-corrected chi connectivity index (χ0v) is 16.9. The smallest absolute Gasteiger partial charge is 0.316 e. The number of ether oxygens (including phenoxy) is 1. The van der Waals surface area contributed by atoms with E-state index in [4.69, 9.17) is 4.74 Å². The number of hydrogen-bond donors (Lipinski definition) is 0. The molecule has 0 N–H and O–H groups in total. The second kappa shape index (κ2) is 6.59. The highest BCUT2D eigenvalue weighted by Crippen LogP contribution is 2.41. The maximum absolute atomic E-state index is 13.0. The van der Waals surface area contributed by atoms with Crippen molar-refractivity contribution >= 4 is 42.4 Å². The van der Waals surface area contributed by atoms with E-state index in [0.717, 1.165) is 0 Å². The first-order chi connectivity index (χ1) is 12.1. The molecule has 0 aliphatic carbocycles. The highest BCUT2D eigenvalue weighted by Gasteiger charge is 2.38. The Balaban J connectivity index is 2.33. The Kier molecular flexibility index (Phi) is 4.74. The number of esters is 1. The second-order valence-corrected chi connectivity index (χ2v) is 9.67. The van der Waals surface area contributed by atoms with E-state index in [1.165, 1.54) is 12.4 Å². The topological polar surface area (TPSA) is 86.2 Å². The zero-order valence-electron chi connectivity index (χ0n) is 14.5. The molecule has 1 aromatic carbocycles. The molecule has 2 heterocycles. The molecule has 0 unspecified atom stereocenters. The Labute approximate surface area is 160 Å². The fourth-order valence-electron chi connectivity index (χ4n) is 2.44. The fourth-order valence-corrected chi connectivity index (χ4v) is 4.70. The molecule has 0 saturated heterocycles. The SMILES string of the molecule is CC(C)(C)C(=O)OC1=C(c2ccccc2Br)S(=O)(=O)Cc2nccnc21. The van der Waals surface area contributed by atoms with Gasteiger partial charge in [-0.25, -0.2) is 13.4 Å². The van der Waals surface area contributed by atoms with Crippen LogP contribution in [0.25, 0.3) is 10.7 Å². The molecule has 0 radical (unpaired) electrons. The molecular formula is C18H17BrN2O4S. The van der Waals surface area contributed by atoms with E-state index in [-0.39, 0.29) is 27.8 Å². The van der Waals surface area contributed by atoms with E-state index in [1.54, 1.807) is 45.0 Å². The average molecular weight is 437 g/mol. The van der Waals surface area contributed by atoms with Crippen LogP contribution in [0.4, 0.5) is 0 Å². The number of benzene rings is 1. The number of hydrogen-bond acceptors (Lipinski definition) is 6. The lowest BCUT2D eigenvalue weighted by atomic mass is 9.97. The van der Waals surface area contributed by atoms with E-state index in [9.17, 15) is 13.2 Å². The summed E-state index contributed by atoms with van der Waals surface area (Å²) in [5.41, 5.74) is 0.140. The molecule has 8 heteroatoms. The molecular weight excluding hydrogens is 420 g/mol. The normalized spacial score (nSPS) is 16.2. The quantitative estimate of drug-likeness (QED) is 0.668. The van der Waals surface area contributed by atoms with Crippen molar-refractivity contribution in [3.05, 3.63) is 58.1 Å². The number of carbonyl (C=O) groups is 1. The summed E-state index contributed by atoms with van der Waals surface area (Å²) in [6, 6.07) is 6.88. The van der Waals surface area contributed by atoms with Crippen LogP contribution in [0.1, 0.15) is 37.7 Å².